The summed E-state index contributed by atoms with van der Waals surface area (Å²) in [4.78, 5) is 12.5. The maximum atomic E-state index is 10.1. The zero-order valence-electron chi connectivity index (χ0n) is 4.85. The Kier molecular flexibility index (Phi) is 2.84. The van der Waals surface area contributed by atoms with E-state index in [0.29, 0.717) is 6.42 Å². The molecule has 0 aliphatic carbocycles. The molecular weight excluding hydrogens is 106 g/mol. The lowest BCUT2D eigenvalue weighted by atomic mass is 10.2. The number of hydrogen-bond acceptors (Lipinski definition) is 1. The van der Waals surface area contributed by atoms with Crippen molar-refractivity contribution in [3.63, 3.8) is 0 Å². The fourth-order valence-electron chi connectivity index (χ4n) is 0.406. The average molecular weight is 116 g/mol. The van der Waals surface area contributed by atoms with E-state index in [-0.39, 0.29) is 0 Å². The molecule has 46 valence electrons. The van der Waals surface area contributed by atoms with Crippen LogP contribution >= 0.6 is 0 Å². The summed E-state index contributed by atoms with van der Waals surface area (Å²) < 4.78 is 0. The maximum absolute atomic E-state index is 10.1. The molecule has 0 saturated carbocycles. The van der Waals surface area contributed by atoms with Crippen molar-refractivity contribution in [1.82, 2.24) is 0 Å². The van der Waals surface area contributed by atoms with Crippen LogP contribution in [0.2, 0.25) is 0 Å². The van der Waals surface area contributed by atoms with Gasteiger partial charge in [-0.05, 0) is 0 Å². The maximum Gasteiger partial charge on any atom is 0.372 e. The smallest absolute Gasteiger partial charge is 0.372 e. The van der Waals surface area contributed by atoms with Crippen LogP contribution in [0.1, 0.15) is 13.3 Å². The van der Waals surface area contributed by atoms with Crippen molar-refractivity contribution in [1.29, 1.82) is 0 Å². The SMILES string of the molecule is C=[NH+]C(CC)C(=O)O. The molecule has 3 heteroatoms. The Labute approximate surface area is 48.1 Å². The van der Waals surface area contributed by atoms with Crippen molar-refractivity contribution in [2.75, 3.05) is 0 Å². The number of nitrogens with one attached hydrogen (secondary N) is 1. The molecule has 0 bridgehead atoms. The van der Waals surface area contributed by atoms with Crippen LogP contribution in [0.15, 0.2) is 0 Å². The van der Waals surface area contributed by atoms with E-state index in [4.69, 9.17) is 5.11 Å². The summed E-state index contributed by atoms with van der Waals surface area (Å²) in [6, 6.07) is -0.491. The molecule has 0 aromatic carbocycles. The van der Waals surface area contributed by atoms with Crippen LogP contribution in [-0.2, 0) is 4.79 Å². The molecule has 0 rings (SSSR count). The summed E-state index contributed by atoms with van der Waals surface area (Å²) >= 11 is 0. The molecule has 0 aliphatic heterocycles. The van der Waals surface area contributed by atoms with Crippen molar-refractivity contribution in [3.05, 3.63) is 0 Å². The normalized spacial score (nSPS) is 12.6. The Balaban J connectivity index is 3.69. The van der Waals surface area contributed by atoms with E-state index in [1.54, 1.807) is 6.92 Å². The summed E-state index contributed by atoms with van der Waals surface area (Å²) in [5.74, 6) is -0.845. The Morgan fingerprint density at radius 3 is 2.50 bits per heavy atom. The van der Waals surface area contributed by atoms with Crippen LogP contribution in [0, 0.1) is 0 Å². The first-order chi connectivity index (χ1) is 3.72. The topological polar surface area (TPSA) is 51.3 Å². The van der Waals surface area contributed by atoms with E-state index in [1.807, 2.05) is 0 Å². The van der Waals surface area contributed by atoms with Gasteiger partial charge in [0.25, 0.3) is 0 Å². The molecule has 1 atom stereocenters. The predicted molar refractivity (Wildman–Crippen MR) is 29.8 cm³/mol. The minimum absolute atomic E-state index is 0.491. The molecule has 8 heavy (non-hydrogen) atoms. The molecule has 0 radical (unpaired) electrons. The van der Waals surface area contributed by atoms with Crippen LogP contribution < -0.4 is 4.99 Å². The lowest BCUT2D eigenvalue weighted by Crippen LogP contribution is -2.76. The lowest BCUT2D eigenvalue weighted by Gasteiger charge is -1.92. The summed E-state index contributed by atoms with van der Waals surface area (Å²) in [5.41, 5.74) is 0. The van der Waals surface area contributed by atoms with Gasteiger partial charge in [-0.15, -0.1) is 0 Å². The van der Waals surface area contributed by atoms with Gasteiger partial charge in [0, 0.05) is 6.42 Å². The second-order valence-corrected chi connectivity index (χ2v) is 1.50. The van der Waals surface area contributed by atoms with Crippen LogP contribution in [0.3, 0.4) is 0 Å². The van der Waals surface area contributed by atoms with Gasteiger partial charge in [0.15, 0.2) is 0 Å². The first-order valence-electron chi connectivity index (χ1n) is 2.47. The van der Waals surface area contributed by atoms with Crippen molar-refractivity contribution in [2.45, 2.75) is 19.4 Å². The Hall–Kier alpha value is -0.860. The molecule has 0 spiro atoms. The molecule has 0 amide bonds. The van der Waals surface area contributed by atoms with E-state index in [2.05, 4.69) is 11.7 Å². The second kappa shape index (κ2) is 3.18. The molecule has 2 N–H and O–H groups in total. The van der Waals surface area contributed by atoms with Crippen LogP contribution in [0.25, 0.3) is 0 Å². The first-order valence-corrected chi connectivity index (χ1v) is 2.47. The highest BCUT2D eigenvalue weighted by molar-refractivity contribution is 5.71. The molecular formula is C5H10NO2+. The lowest BCUT2D eigenvalue weighted by molar-refractivity contribution is -0.481. The molecule has 1 unspecified atom stereocenters. The van der Waals surface area contributed by atoms with Gasteiger partial charge < -0.3 is 5.11 Å². The fraction of sp³-hybridized carbons (Fsp3) is 0.600. The summed E-state index contributed by atoms with van der Waals surface area (Å²) in [6.45, 7) is 5.04. The summed E-state index contributed by atoms with van der Waals surface area (Å²) in [6.07, 6.45) is 0.568. The fourth-order valence-corrected chi connectivity index (χ4v) is 0.406. The van der Waals surface area contributed by atoms with E-state index in [9.17, 15) is 4.79 Å². The predicted octanol–water partition coefficient (Wildman–Crippen LogP) is -1.37. The third kappa shape index (κ3) is 1.73. The Morgan fingerprint density at radius 1 is 2.00 bits per heavy atom. The van der Waals surface area contributed by atoms with E-state index >= 15 is 0 Å². The van der Waals surface area contributed by atoms with Crippen molar-refractivity contribution < 1.29 is 14.9 Å². The highest BCUT2D eigenvalue weighted by Crippen LogP contribution is 1.79. The highest BCUT2D eigenvalue weighted by atomic mass is 16.4. The quantitative estimate of drug-likeness (QED) is 0.447. The zero-order valence-corrected chi connectivity index (χ0v) is 4.85. The van der Waals surface area contributed by atoms with Crippen LogP contribution in [0.5, 0.6) is 0 Å². The van der Waals surface area contributed by atoms with Crippen molar-refractivity contribution in [2.24, 2.45) is 0 Å². The molecule has 0 heterocycles. The largest absolute Gasteiger partial charge is 0.476 e. The van der Waals surface area contributed by atoms with Gasteiger partial charge in [0.1, 0.15) is 6.72 Å². The highest BCUT2D eigenvalue weighted by Gasteiger charge is 2.15. The van der Waals surface area contributed by atoms with E-state index < -0.39 is 12.0 Å². The Morgan fingerprint density at radius 2 is 2.50 bits per heavy atom. The van der Waals surface area contributed by atoms with Crippen molar-refractivity contribution >= 4 is 12.7 Å². The van der Waals surface area contributed by atoms with Crippen LogP contribution in [-0.4, -0.2) is 23.8 Å². The average Bonchev–Trinajstić information content (AvgIpc) is 1.69. The van der Waals surface area contributed by atoms with Gasteiger partial charge >= 0.3 is 5.97 Å². The first kappa shape index (κ1) is 7.14. The van der Waals surface area contributed by atoms with E-state index in [1.165, 1.54) is 0 Å². The third-order valence-corrected chi connectivity index (χ3v) is 0.953. The summed E-state index contributed by atoms with van der Waals surface area (Å²) in [5, 5.41) is 8.27. The minimum Gasteiger partial charge on any atom is -0.476 e. The number of rotatable bonds is 3. The molecule has 0 aromatic heterocycles. The molecule has 3 nitrogen and oxygen atoms in total. The van der Waals surface area contributed by atoms with Gasteiger partial charge in [-0.1, -0.05) is 6.92 Å². The molecule has 0 saturated heterocycles. The zero-order chi connectivity index (χ0) is 6.57. The van der Waals surface area contributed by atoms with Gasteiger partial charge in [0.05, 0.1) is 0 Å². The number of carboxylic acid groups (broad SMARTS) is 1. The molecule has 0 fully saturated rings. The standard InChI is InChI=1S/C5H9NO2/c1-3-4(6-2)5(7)8/h4H,2-3H2,1H3,(H,7,8)/p+1. The second-order valence-electron chi connectivity index (χ2n) is 1.50. The number of carbonyl (C=O) groups is 1. The molecule has 0 aromatic rings. The summed E-state index contributed by atoms with van der Waals surface area (Å²) in [7, 11) is 0. The van der Waals surface area contributed by atoms with Gasteiger partial charge in [-0.25, -0.2) is 9.79 Å². The number of aliphatic carboxylic acids is 1. The Bertz CT molecular complexity index is 101. The van der Waals surface area contributed by atoms with Gasteiger partial charge in [-0.2, -0.15) is 0 Å². The van der Waals surface area contributed by atoms with Crippen molar-refractivity contribution in [3.8, 4) is 0 Å². The number of hydrogen-bond donors (Lipinski definition) is 2. The monoisotopic (exact) mass is 116 g/mol. The molecule has 0 aliphatic rings. The van der Waals surface area contributed by atoms with Gasteiger partial charge in [0.2, 0.25) is 6.04 Å². The minimum atomic E-state index is -0.845. The van der Waals surface area contributed by atoms with E-state index in [0.717, 1.165) is 0 Å². The van der Waals surface area contributed by atoms with Crippen LogP contribution in [0.4, 0.5) is 0 Å². The third-order valence-electron chi connectivity index (χ3n) is 0.953. The van der Waals surface area contributed by atoms with Gasteiger partial charge in [-0.3, -0.25) is 0 Å². The number of carboxylic acids is 1.